The van der Waals surface area contributed by atoms with Gasteiger partial charge >= 0.3 is 0 Å². The summed E-state index contributed by atoms with van der Waals surface area (Å²) >= 11 is 0. The summed E-state index contributed by atoms with van der Waals surface area (Å²) in [5, 5.41) is 0. The normalized spacial score (nSPS) is 15.2. The molecule has 0 spiro atoms. The molecule has 0 aromatic heterocycles. The Labute approximate surface area is 189 Å². The molecule has 0 saturated carbocycles. The van der Waals surface area contributed by atoms with Gasteiger partial charge in [0.1, 0.15) is 13.1 Å². The van der Waals surface area contributed by atoms with E-state index in [1.165, 1.54) is 4.90 Å². The minimum atomic E-state index is -0.494. The lowest BCUT2D eigenvalue weighted by Crippen LogP contribution is -3.15. The first-order valence-corrected chi connectivity index (χ1v) is 11.0. The quantitative estimate of drug-likeness (QED) is 0.678. The number of hydrogen-bond acceptors (Lipinski definition) is 3. The van der Waals surface area contributed by atoms with E-state index in [-0.39, 0.29) is 11.8 Å². The van der Waals surface area contributed by atoms with Crippen molar-refractivity contribution in [2.45, 2.75) is 19.9 Å². The molecule has 5 nitrogen and oxygen atoms in total. The van der Waals surface area contributed by atoms with E-state index in [0.29, 0.717) is 37.6 Å². The number of imide groups is 1. The van der Waals surface area contributed by atoms with Gasteiger partial charge in [0, 0.05) is 11.1 Å². The predicted molar refractivity (Wildman–Crippen MR) is 125 cm³/mol. The van der Waals surface area contributed by atoms with Gasteiger partial charge in [-0.15, -0.1) is 0 Å². The van der Waals surface area contributed by atoms with Gasteiger partial charge in [0.2, 0.25) is 0 Å². The lowest BCUT2D eigenvalue weighted by atomic mass is 10.00. The van der Waals surface area contributed by atoms with Crippen LogP contribution < -0.4 is 9.80 Å². The average Bonchev–Trinajstić information content (AvgIpc) is 2.83. The number of carbonyl (C=O) groups excluding carboxylic acids is 2. The molecule has 0 unspecified atom stereocenters. The first-order valence-electron chi connectivity index (χ1n) is 11.0. The highest BCUT2D eigenvalue weighted by atomic mass is 16.5. The topological polar surface area (TPSA) is 51.0 Å². The van der Waals surface area contributed by atoms with Crippen LogP contribution in [0.4, 0.5) is 5.69 Å². The summed E-state index contributed by atoms with van der Waals surface area (Å²) in [6, 6.07) is 24.1. The van der Waals surface area contributed by atoms with Crippen LogP contribution in [0.1, 0.15) is 33.1 Å². The Balaban J connectivity index is 1.84. The molecule has 3 aromatic rings. The molecule has 5 heteroatoms. The molecular formula is C27H29N2O3+. The molecule has 32 heavy (non-hydrogen) atoms. The summed E-state index contributed by atoms with van der Waals surface area (Å²) in [5.74, 6) is -0.513. The number of quaternary nitrogens is 1. The van der Waals surface area contributed by atoms with E-state index in [1.807, 2.05) is 80.6 Å². The summed E-state index contributed by atoms with van der Waals surface area (Å²) in [4.78, 5) is 30.6. The van der Waals surface area contributed by atoms with E-state index >= 15 is 0 Å². The molecular weight excluding hydrogens is 400 g/mol. The van der Waals surface area contributed by atoms with Crippen LogP contribution in [0, 0.1) is 13.8 Å². The van der Waals surface area contributed by atoms with E-state index in [4.69, 9.17) is 4.74 Å². The maximum atomic E-state index is 14.3. The SMILES string of the molecule is Cc1cccc(C)c1N(C(=O)c1ccccc1)C(=O)[C@@H](c1ccccc1)[NH+]1CCOCC1. The van der Waals surface area contributed by atoms with Crippen molar-refractivity contribution in [3.63, 3.8) is 0 Å². The zero-order valence-corrected chi connectivity index (χ0v) is 18.6. The Kier molecular flexibility index (Phi) is 6.78. The van der Waals surface area contributed by atoms with Crippen molar-refractivity contribution >= 4 is 17.5 Å². The first kappa shape index (κ1) is 21.9. The predicted octanol–water partition coefficient (Wildman–Crippen LogP) is 3.13. The third kappa shape index (κ3) is 4.49. The zero-order valence-electron chi connectivity index (χ0n) is 18.6. The zero-order chi connectivity index (χ0) is 22.5. The fourth-order valence-corrected chi connectivity index (χ4v) is 4.43. The van der Waals surface area contributed by atoms with Gasteiger partial charge in [0.25, 0.3) is 11.8 Å². The number of morpholine rings is 1. The minimum Gasteiger partial charge on any atom is -0.370 e. The molecule has 2 amide bonds. The molecule has 1 saturated heterocycles. The van der Waals surface area contributed by atoms with Crippen LogP contribution >= 0.6 is 0 Å². The van der Waals surface area contributed by atoms with Crippen molar-refractivity contribution in [1.82, 2.24) is 0 Å². The van der Waals surface area contributed by atoms with Crippen LogP contribution in [0.25, 0.3) is 0 Å². The van der Waals surface area contributed by atoms with E-state index < -0.39 is 6.04 Å². The van der Waals surface area contributed by atoms with Gasteiger partial charge in [-0.3, -0.25) is 9.59 Å². The molecule has 0 bridgehead atoms. The molecule has 1 fully saturated rings. The fraction of sp³-hybridized carbons (Fsp3) is 0.259. The van der Waals surface area contributed by atoms with Gasteiger partial charge in [-0.1, -0.05) is 66.7 Å². The number of anilines is 1. The summed E-state index contributed by atoms with van der Waals surface area (Å²) < 4.78 is 5.55. The molecule has 1 atom stereocenters. The number of amides is 2. The second-order valence-electron chi connectivity index (χ2n) is 8.20. The number of nitrogens with zero attached hydrogens (tertiary/aromatic N) is 1. The molecule has 0 aliphatic carbocycles. The minimum absolute atomic E-state index is 0.209. The number of benzene rings is 3. The van der Waals surface area contributed by atoms with E-state index in [0.717, 1.165) is 21.6 Å². The van der Waals surface area contributed by atoms with E-state index in [1.54, 1.807) is 12.1 Å². The van der Waals surface area contributed by atoms with Crippen molar-refractivity contribution < 1.29 is 19.2 Å². The second-order valence-corrected chi connectivity index (χ2v) is 8.20. The fourth-order valence-electron chi connectivity index (χ4n) is 4.43. The van der Waals surface area contributed by atoms with Crippen molar-refractivity contribution in [3.8, 4) is 0 Å². The van der Waals surface area contributed by atoms with Crippen molar-refractivity contribution in [1.29, 1.82) is 0 Å². The lowest BCUT2D eigenvalue weighted by molar-refractivity contribution is -0.929. The monoisotopic (exact) mass is 429 g/mol. The molecule has 1 N–H and O–H groups in total. The van der Waals surface area contributed by atoms with E-state index in [9.17, 15) is 9.59 Å². The van der Waals surface area contributed by atoms with Crippen LogP contribution in [-0.2, 0) is 9.53 Å². The summed E-state index contributed by atoms with van der Waals surface area (Å²) in [6.45, 7) is 6.51. The van der Waals surface area contributed by atoms with Crippen LogP contribution in [0.3, 0.4) is 0 Å². The second kappa shape index (κ2) is 9.90. The lowest BCUT2D eigenvalue weighted by Gasteiger charge is -2.34. The Morgan fingerprint density at radius 1 is 0.812 bits per heavy atom. The van der Waals surface area contributed by atoms with Gasteiger partial charge in [0.05, 0.1) is 18.9 Å². The third-order valence-corrected chi connectivity index (χ3v) is 6.03. The van der Waals surface area contributed by atoms with Crippen LogP contribution in [0.15, 0.2) is 78.9 Å². The van der Waals surface area contributed by atoms with Crippen LogP contribution in [-0.4, -0.2) is 38.1 Å². The van der Waals surface area contributed by atoms with Crippen molar-refractivity contribution in [2.75, 3.05) is 31.2 Å². The maximum Gasteiger partial charge on any atom is 0.297 e. The number of ether oxygens (including phenoxy) is 1. The molecule has 0 radical (unpaired) electrons. The van der Waals surface area contributed by atoms with Gasteiger partial charge in [-0.05, 0) is 37.1 Å². The van der Waals surface area contributed by atoms with Crippen molar-refractivity contribution in [2.24, 2.45) is 0 Å². The number of aryl methyl sites for hydroxylation is 2. The van der Waals surface area contributed by atoms with E-state index in [2.05, 4.69) is 0 Å². The highest BCUT2D eigenvalue weighted by Gasteiger charge is 2.40. The first-order chi connectivity index (χ1) is 15.6. The number of para-hydroxylation sites is 1. The Hall–Kier alpha value is -3.28. The standard InChI is InChI=1S/C27H28N2O3/c1-20-10-9-11-21(2)24(20)29(26(30)23-14-7-4-8-15-23)27(31)25(22-12-5-3-6-13-22)28-16-18-32-19-17-28/h3-15,25H,16-19H2,1-2H3/p+1/t25-/m1/s1. The number of nitrogens with one attached hydrogen (secondary N) is 1. The van der Waals surface area contributed by atoms with Gasteiger partial charge in [-0.2, -0.15) is 0 Å². The number of carbonyl (C=O) groups is 2. The van der Waals surface area contributed by atoms with Crippen LogP contribution in [0.5, 0.6) is 0 Å². The summed E-state index contributed by atoms with van der Waals surface area (Å²) in [5.41, 5.74) is 3.86. The Morgan fingerprint density at radius 2 is 1.38 bits per heavy atom. The van der Waals surface area contributed by atoms with Crippen molar-refractivity contribution in [3.05, 3.63) is 101 Å². The Bertz CT molecular complexity index is 1060. The van der Waals surface area contributed by atoms with Gasteiger partial charge in [-0.25, -0.2) is 4.90 Å². The number of hydrogen-bond donors (Lipinski definition) is 1. The summed E-state index contributed by atoms with van der Waals surface area (Å²) in [7, 11) is 0. The van der Waals surface area contributed by atoms with Crippen LogP contribution in [0.2, 0.25) is 0 Å². The molecule has 164 valence electrons. The molecule has 4 rings (SSSR count). The highest BCUT2D eigenvalue weighted by Crippen LogP contribution is 2.29. The summed E-state index contributed by atoms with van der Waals surface area (Å²) in [6.07, 6.45) is 0. The van der Waals surface area contributed by atoms with Gasteiger partial charge < -0.3 is 9.64 Å². The molecule has 3 aromatic carbocycles. The molecule has 1 heterocycles. The molecule has 1 aliphatic rings. The average molecular weight is 430 g/mol. The third-order valence-electron chi connectivity index (χ3n) is 6.03. The molecule has 1 aliphatic heterocycles. The highest BCUT2D eigenvalue weighted by molar-refractivity contribution is 6.22. The smallest absolute Gasteiger partial charge is 0.297 e. The van der Waals surface area contributed by atoms with Gasteiger partial charge in [0.15, 0.2) is 6.04 Å². The Morgan fingerprint density at radius 3 is 1.97 bits per heavy atom. The maximum absolute atomic E-state index is 14.3. The number of rotatable bonds is 5. The largest absolute Gasteiger partial charge is 0.370 e.